The van der Waals surface area contributed by atoms with E-state index >= 15 is 0 Å². The zero-order valence-electron chi connectivity index (χ0n) is 10.4. The van der Waals surface area contributed by atoms with Crippen molar-refractivity contribution in [3.8, 4) is 11.5 Å². The fourth-order valence-corrected chi connectivity index (χ4v) is 2.04. The third-order valence-electron chi connectivity index (χ3n) is 2.54. The summed E-state index contributed by atoms with van der Waals surface area (Å²) in [6.07, 6.45) is 4.60. The molecular weight excluding hydrogens is 238 g/mol. The van der Waals surface area contributed by atoms with Crippen LogP contribution < -0.4 is 15.2 Å². The Balaban J connectivity index is 3.43. The first-order valence-corrected chi connectivity index (χ1v) is 5.87. The topological polar surface area (TPSA) is 44.5 Å². The van der Waals surface area contributed by atoms with Crippen LogP contribution in [0.1, 0.15) is 18.1 Å². The van der Waals surface area contributed by atoms with Gasteiger partial charge in [-0.25, -0.2) is 0 Å². The Bertz CT molecular complexity index is 416. The van der Waals surface area contributed by atoms with Gasteiger partial charge in [0.1, 0.15) is 0 Å². The van der Waals surface area contributed by atoms with Gasteiger partial charge in [0.05, 0.1) is 19.2 Å². The van der Waals surface area contributed by atoms with Crippen LogP contribution in [0.4, 0.5) is 0 Å². The van der Waals surface area contributed by atoms with Crippen LogP contribution in [0.5, 0.6) is 11.5 Å². The minimum Gasteiger partial charge on any atom is -0.493 e. The highest BCUT2D eigenvalue weighted by atomic mass is 35.5. The predicted molar refractivity (Wildman–Crippen MR) is 72.0 cm³/mol. The summed E-state index contributed by atoms with van der Waals surface area (Å²) in [6, 6.07) is 1.76. The summed E-state index contributed by atoms with van der Waals surface area (Å²) < 4.78 is 10.6. The van der Waals surface area contributed by atoms with Crippen molar-refractivity contribution in [2.45, 2.75) is 13.3 Å². The van der Waals surface area contributed by atoms with Crippen molar-refractivity contribution in [3.05, 3.63) is 28.3 Å². The van der Waals surface area contributed by atoms with Crippen LogP contribution in [0.3, 0.4) is 0 Å². The normalized spacial score (nSPS) is 10.9. The fraction of sp³-hybridized carbons (Fsp3) is 0.385. The van der Waals surface area contributed by atoms with Gasteiger partial charge in [-0.15, -0.1) is 0 Å². The number of hydrogen-bond acceptors (Lipinski definition) is 3. The molecule has 0 saturated heterocycles. The number of halogens is 1. The lowest BCUT2D eigenvalue weighted by Crippen LogP contribution is -1.99. The minimum atomic E-state index is 0.480. The molecule has 0 saturated carbocycles. The molecule has 17 heavy (non-hydrogen) atoms. The molecule has 0 aromatic heterocycles. The van der Waals surface area contributed by atoms with Gasteiger partial charge in [-0.1, -0.05) is 30.7 Å². The van der Waals surface area contributed by atoms with E-state index < -0.39 is 0 Å². The van der Waals surface area contributed by atoms with Crippen LogP contribution in [0.15, 0.2) is 12.1 Å². The van der Waals surface area contributed by atoms with E-state index in [9.17, 15) is 0 Å². The average Bonchev–Trinajstić information content (AvgIpc) is 2.35. The molecule has 3 nitrogen and oxygen atoms in total. The van der Waals surface area contributed by atoms with E-state index in [4.69, 9.17) is 26.8 Å². The molecule has 1 aromatic rings. The van der Waals surface area contributed by atoms with Gasteiger partial charge in [0.15, 0.2) is 11.5 Å². The minimum absolute atomic E-state index is 0.480. The van der Waals surface area contributed by atoms with E-state index in [1.54, 1.807) is 20.3 Å². The Kier molecular flexibility index (Phi) is 5.32. The summed E-state index contributed by atoms with van der Waals surface area (Å²) in [7, 11) is 3.23. The zero-order chi connectivity index (χ0) is 12.8. The molecule has 0 spiro atoms. The molecule has 0 aliphatic heterocycles. The lowest BCUT2D eigenvalue weighted by molar-refractivity contribution is 0.352. The highest BCUT2D eigenvalue weighted by molar-refractivity contribution is 6.32. The average molecular weight is 256 g/mol. The number of benzene rings is 1. The number of methoxy groups -OCH3 is 2. The SMILES string of the molecule is CCc1c(/C=C/CN)c(Cl)cc(OC)c1OC. The first-order chi connectivity index (χ1) is 8.19. The molecule has 0 aliphatic rings. The van der Waals surface area contributed by atoms with Crippen LogP contribution in [-0.2, 0) is 6.42 Å². The molecule has 0 fully saturated rings. The smallest absolute Gasteiger partial charge is 0.164 e. The molecule has 2 N–H and O–H groups in total. The quantitative estimate of drug-likeness (QED) is 0.880. The Morgan fingerprint density at radius 2 is 2.06 bits per heavy atom. The number of ether oxygens (including phenoxy) is 2. The van der Waals surface area contributed by atoms with Crippen LogP contribution in [0, 0.1) is 0 Å². The van der Waals surface area contributed by atoms with Crippen LogP contribution in [0.25, 0.3) is 6.08 Å². The molecule has 1 aromatic carbocycles. The van der Waals surface area contributed by atoms with Crippen molar-refractivity contribution < 1.29 is 9.47 Å². The maximum absolute atomic E-state index is 6.23. The third kappa shape index (κ3) is 2.93. The number of nitrogens with two attached hydrogens (primary N) is 1. The van der Waals surface area contributed by atoms with Crippen molar-refractivity contribution in [2.75, 3.05) is 20.8 Å². The molecule has 0 aliphatic carbocycles. The highest BCUT2D eigenvalue weighted by Gasteiger charge is 2.15. The van der Waals surface area contributed by atoms with Gasteiger partial charge in [-0.3, -0.25) is 0 Å². The van der Waals surface area contributed by atoms with E-state index in [0.717, 1.165) is 23.3 Å². The molecule has 0 atom stereocenters. The molecule has 94 valence electrons. The summed E-state index contributed by atoms with van der Waals surface area (Å²) in [6.45, 7) is 2.53. The van der Waals surface area contributed by atoms with Gasteiger partial charge in [-0.2, -0.15) is 0 Å². The standard InChI is InChI=1S/C13H18ClNO2/c1-4-9-10(6-5-7-15)11(14)8-12(16-2)13(9)17-3/h5-6,8H,4,7,15H2,1-3H3/b6-5+. The number of hydrogen-bond donors (Lipinski definition) is 1. The van der Waals surface area contributed by atoms with Crippen LogP contribution in [0.2, 0.25) is 5.02 Å². The molecule has 4 heteroatoms. The van der Waals surface area contributed by atoms with Crippen LogP contribution >= 0.6 is 11.6 Å². The van der Waals surface area contributed by atoms with Gasteiger partial charge in [0.2, 0.25) is 0 Å². The maximum Gasteiger partial charge on any atom is 0.164 e. The Morgan fingerprint density at radius 1 is 1.35 bits per heavy atom. The second-order valence-corrected chi connectivity index (χ2v) is 3.88. The van der Waals surface area contributed by atoms with Crippen molar-refractivity contribution in [1.82, 2.24) is 0 Å². The third-order valence-corrected chi connectivity index (χ3v) is 2.85. The predicted octanol–water partition coefficient (Wildman–Crippen LogP) is 2.89. The maximum atomic E-state index is 6.23. The van der Waals surface area contributed by atoms with E-state index in [1.807, 2.05) is 19.1 Å². The number of rotatable bonds is 5. The zero-order valence-corrected chi connectivity index (χ0v) is 11.2. The van der Waals surface area contributed by atoms with E-state index in [2.05, 4.69) is 0 Å². The monoisotopic (exact) mass is 255 g/mol. The summed E-state index contributed by atoms with van der Waals surface area (Å²) in [5.74, 6) is 1.38. The van der Waals surface area contributed by atoms with Gasteiger partial charge >= 0.3 is 0 Å². The van der Waals surface area contributed by atoms with Gasteiger partial charge < -0.3 is 15.2 Å². The molecule has 0 bridgehead atoms. The molecule has 1 rings (SSSR count). The lowest BCUT2D eigenvalue weighted by atomic mass is 10.0. The van der Waals surface area contributed by atoms with Crippen molar-refractivity contribution >= 4 is 17.7 Å². The van der Waals surface area contributed by atoms with Crippen molar-refractivity contribution in [2.24, 2.45) is 5.73 Å². The molecular formula is C13H18ClNO2. The Labute approximate surface area is 107 Å². The molecule has 0 radical (unpaired) electrons. The second kappa shape index (κ2) is 6.52. The lowest BCUT2D eigenvalue weighted by Gasteiger charge is -2.15. The molecule has 0 unspecified atom stereocenters. The fourth-order valence-electron chi connectivity index (χ4n) is 1.77. The van der Waals surface area contributed by atoms with Gasteiger partial charge in [0.25, 0.3) is 0 Å². The molecule has 0 heterocycles. The van der Waals surface area contributed by atoms with E-state index in [1.165, 1.54) is 0 Å². The van der Waals surface area contributed by atoms with Crippen LogP contribution in [-0.4, -0.2) is 20.8 Å². The first kappa shape index (κ1) is 13.9. The summed E-state index contributed by atoms with van der Waals surface area (Å²) in [5, 5.41) is 0.643. The first-order valence-electron chi connectivity index (χ1n) is 5.49. The largest absolute Gasteiger partial charge is 0.493 e. The van der Waals surface area contributed by atoms with Crippen molar-refractivity contribution in [1.29, 1.82) is 0 Å². The van der Waals surface area contributed by atoms with Gasteiger partial charge in [-0.05, 0) is 12.0 Å². The van der Waals surface area contributed by atoms with Gasteiger partial charge in [0, 0.05) is 18.2 Å². The summed E-state index contributed by atoms with van der Waals surface area (Å²) in [5.41, 5.74) is 7.43. The highest BCUT2D eigenvalue weighted by Crippen LogP contribution is 2.39. The summed E-state index contributed by atoms with van der Waals surface area (Å²) in [4.78, 5) is 0. The Morgan fingerprint density at radius 3 is 2.53 bits per heavy atom. The van der Waals surface area contributed by atoms with Crippen molar-refractivity contribution in [3.63, 3.8) is 0 Å². The molecule has 0 amide bonds. The van der Waals surface area contributed by atoms with E-state index in [0.29, 0.717) is 17.3 Å². The Hall–Kier alpha value is -1.19. The summed E-state index contributed by atoms with van der Waals surface area (Å²) >= 11 is 6.23. The second-order valence-electron chi connectivity index (χ2n) is 3.48. The van der Waals surface area contributed by atoms with E-state index in [-0.39, 0.29) is 0 Å².